The van der Waals surface area contributed by atoms with Gasteiger partial charge in [0.1, 0.15) is 5.75 Å². The molecule has 0 radical (unpaired) electrons. The van der Waals surface area contributed by atoms with Crippen LogP contribution in [0.15, 0.2) is 78.9 Å². The van der Waals surface area contributed by atoms with Gasteiger partial charge in [-0.25, -0.2) is 0 Å². The van der Waals surface area contributed by atoms with E-state index in [9.17, 15) is 4.89 Å². The maximum atomic E-state index is 10.1. The van der Waals surface area contributed by atoms with Crippen LogP contribution in [0.3, 0.4) is 0 Å². The van der Waals surface area contributed by atoms with E-state index in [-0.39, 0.29) is 5.92 Å². The SMILES string of the molecule is OP(OCC1c2ccccc2-c2ccccc21)Oc1ccccc1. The molecule has 0 aromatic heterocycles. The highest BCUT2D eigenvalue weighted by Gasteiger charge is 2.29. The summed E-state index contributed by atoms with van der Waals surface area (Å²) in [6, 6.07) is 25.9. The molecule has 24 heavy (non-hydrogen) atoms. The van der Waals surface area contributed by atoms with Gasteiger partial charge in [-0.1, -0.05) is 66.7 Å². The van der Waals surface area contributed by atoms with E-state index in [0.717, 1.165) is 0 Å². The third kappa shape index (κ3) is 2.94. The first-order chi connectivity index (χ1) is 11.8. The molecule has 3 aromatic rings. The lowest BCUT2D eigenvalue weighted by Gasteiger charge is -2.16. The predicted molar refractivity (Wildman–Crippen MR) is 95.9 cm³/mol. The summed E-state index contributed by atoms with van der Waals surface area (Å²) >= 11 is 0. The van der Waals surface area contributed by atoms with Crippen LogP contribution in [0.25, 0.3) is 11.1 Å². The van der Waals surface area contributed by atoms with Crippen molar-refractivity contribution in [3.63, 3.8) is 0 Å². The standard InChI is InChI=1S/C20H17O3P/c21-24(23-15-8-2-1-3-9-15)22-14-20-18-12-6-4-10-16(18)17-11-5-7-13-19(17)20/h1-13,20-21H,14H2. The van der Waals surface area contributed by atoms with Gasteiger partial charge in [-0.05, 0) is 34.4 Å². The zero-order valence-corrected chi connectivity index (χ0v) is 13.9. The Labute approximate surface area is 142 Å². The molecule has 0 saturated carbocycles. The fraction of sp³-hybridized carbons (Fsp3) is 0.100. The van der Waals surface area contributed by atoms with Crippen LogP contribution in [0.2, 0.25) is 0 Å². The lowest BCUT2D eigenvalue weighted by molar-refractivity contribution is 0.253. The topological polar surface area (TPSA) is 38.7 Å². The van der Waals surface area contributed by atoms with Crippen molar-refractivity contribution in [3.05, 3.63) is 90.0 Å². The predicted octanol–water partition coefficient (Wildman–Crippen LogP) is 5.11. The molecule has 3 nitrogen and oxygen atoms in total. The molecule has 1 atom stereocenters. The lowest BCUT2D eigenvalue weighted by atomic mass is 9.98. The molecule has 4 heteroatoms. The second-order valence-corrected chi connectivity index (χ2v) is 6.58. The molecular weight excluding hydrogens is 319 g/mol. The lowest BCUT2D eigenvalue weighted by Crippen LogP contribution is -2.06. The van der Waals surface area contributed by atoms with Gasteiger partial charge in [0.15, 0.2) is 0 Å². The average molecular weight is 336 g/mol. The number of fused-ring (bicyclic) bond motifs is 3. The quantitative estimate of drug-likeness (QED) is 0.658. The van der Waals surface area contributed by atoms with Crippen LogP contribution in [0.4, 0.5) is 0 Å². The number of para-hydroxylation sites is 1. The van der Waals surface area contributed by atoms with Crippen LogP contribution in [-0.4, -0.2) is 11.5 Å². The summed E-state index contributed by atoms with van der Waals surface area (Å²) in [6.07, 6.45) is 0. The largest absolute Gasteiger partial charge is 0.427 e. The van der Waals surface area contributed by atoms with Crippen LogP contribution in [-0.2, 0) is 4.52 Å². The zero-order valence-electron chi connectivity index (χ0n) is 13.0. The summed E-state index contributed by atoms with van der Waals surface area (Å²) in [7, 11) is -1.95. The number of hydrogen-bond donors (Lipinski definition) is 1. The average Bonchev–Trinajstić information content (AvgIpc) is 2.95. The maximum Gasteiger partial charge on any atom is 0.394 e. The van der Waals surface area contributed by atoms with Crippen LogP contribution >= 0.6 is 8.60 Å². The molecule has 0 fully saturated rings. The van der Waals surface area contributed by atoms with Crippen molar-refractivity contribution < 1.29 is 13.9 Å². The number of benzene rings is 3. The van der Waals surface area contributed by atoms with Crippen molar-refractivity contribution in [3.8, 4) is 16.9 Å². The van der Waals surface area contributed by atoms with E-state index in [1.54, 1.807) is 12.1 Å². The summed E-state index contributed by atoms with van der Waals surface area (Å²) in [6.45, 7) is 0.392. The third-order valence-electron chi connectivity index (χ3n) is 4.24. The first-order valence-corrected chi connectivity index (χ1v) is 8.99. The Morgan fingerprint density at radius 2 is 1.29 bits per heavy atom. The second kappa shape index (κ2) is 6.74. The summed E-state index contributed by atoms with van der Waals surface area (Å²) < 4.78 is 11.1. The summed E-state index contributed by atoms with van der Waals surface area (Å²) in [5.41, 5.74) is 4.96. The van der Waals surface area contributed by atoms with Gasteiger partial charge in [-0.2, -0.15) is 0 Å². The molecule has 1 unspecified atom stereocenters. The molecule has 1 N–H and O–H groups in total. The first kappa shape index (κ1) is 15.3. The van der Waals surface area contributed by atoms with Gasteiger partial charge in [-0.15, -0.1) is 0 Å². The van der Waals surface area contributed by atoms with Gasteiger partial charge in [0.2, 0.25) is 0 Å². The van der Waals surface area contributed by atoms with Crippen LogP contribution in [0, 0.1) is 0 Å². The molecule has 1 aliphatic carbocycles. The van der Waals surface area contributed by atoms with E-state index in [1.165, 1.54) is 22.3 Å². The summed E-state index contributed by atoms with van der Waals surface area (Å²) in [4.78, 5) is 10.1. The molecule has 0 aliphatic heterocycles. The van der Waals surface area contributed by atoms with Crippen molar-refractivity contribution in [1.29, 1.82) is 0 Å². The molecule has 120 valence electrons. The van der Waals surface area contributed by atoms with E-state index in [0.29, 0.717) is 12.4 Å². The van der Waals surface area contributed by atoms with Crippen LogP contribution in [0.1, 0.15) is 17.0 Å². The van der Waals surface area contributed by atoms with Gasteiger partial charge < -0.3 is 13.9 Å². The first-order valence-electron chi connectivity index (χ1n) is 7.86. The third-order valence-corrected chi connectivity index (χ3v) is 4.98. The molecular formula is C20H17O3P. The molecule has 0 saturated heterocycles. The van der Waals surface area contributed by atoms with E-state index < -0.39 is 8.60 Å². The Morgan fingerprint density at radius 1 is 0.750 bits per heavy atom. The van der Waals surface area contributed by atoms with E-state index in [4.69, 9.17) is 9.05 Å². The molecule has 0 amide bonds. The molecule has 0 bridgehead atoms. The maximum absolute atomic E-state index is 10.1. The van der Waals surface area contributed by atoms with Gasteiger partial charge >= 0.3 is 8.60 Å². The van der Waals surface area contributed by atoms with Crippen LogP contribution < -0.4 is 4.52 Å². The minimum atomic E-state index is -1.95. The highest BCUT2D eigenvalue weighted by atomic mass is 31.2. The van der Waals surface area contributed by atoms with Crippen molar-refractivity contribution in [1.82, 2.24) is 0 Å². The van der Waals surface area contributed by atoms with Gasteiger partial charge in [0.25, 0.3) is 0 Å². The fourth-order valence-corrected chi connectivity index (χ4v) is 3.81. The van der Waals surface area contributed by atoms with Gasteiger partial charge in [0, 0.05) is 5.92 Å². The van der Waals surface area contributed by atoms with Crippen LogP contribution in [0.5, 0.6) is 5.75 Å². The minimum absolute atomic E-state index is 0.119. The monoisotopic (exact) mass is 336 g/mol. The van der Waals surface area contributed by atoms with Crippen molar-refractivity contribution in [2.75, 3.05) is 6.61 Å². The Kier molecular flexibility index (Phi) is 4.31. The van der Waals surface area contributed by atoms with E-state index in [1.807, 2.05) is 30.3 Å². The highest BCUT2D eigenvalue weighted by Crippen LogP contribution is 2.46. The smallest absolute Gasteiger partial charge is 0.394 e. The summed E-state index contributed by atoms with van der Waals surface area (Å²) in [5.74, 6) is 0.729. The molecule has 4 rings (SSSR count). The Bertz CT molecular complexity index is 790. The van der Waals surface area contributed by atoms with Crippen molar-refractivity contribution in [2.24, 2.45) is 0 Å². The molecule has 0 spiro atoms. The zero-order chi connectivity index (χ0) is 16.4. The number of hydrogen-bond acceptors (Lipinski definition) is 3. The van der Waals surface area contributed by atoms with Crippen molar-refractivity contribution >= 4 is 8.60 Å². The summed E-state index contributed by atoms with van der Waals surface area (Å²) in [5, 5.41) is 0. The van der Waals surface area contributed by atoms with Gasteiger partial charge in [0.05, 0.1) is 6.61 Å². The minimum Gasteiger partial charge on any atom is -0.427 e. The molecule has 3 aromatic carbocycles. The Morgan fingerprint density at radius 3 is 1.92 bits per heavy atom. The highest BCUT2D eigenvalue weighted by molar-refractivity contribution is 7.41. The Hall–Kier alpha value is -2.19. The molecule has 1 aliphatic rings. The second-order valence-electron chi connectivity index (χ2n) is 5.67. The normalized spacial score (nSPS) is 14.0. The van der Waals surface area contributed by atoms with Crippen molar-refractivity contribution in [2.45, 2.75) is 5.92 Å². The van der Waals surface area contributed by atoms with E-state index in [2.05, 4.69) is 36.4 Å². The fourth-order valence-electron chi connectivity index (χ4n) is 3.18. The van der Waals surface area contributed by atoms with Gasteiger partial charge in [-0.3, -0.25) is 0 Å². The molecule has 0 heterocycles. The number of rotatable bonds is 5. The Balaban J connectivity index is 1.50. The van der Waals surface area contributed by atoms with E-state index >= 15 is 0 Å².